The van der Waals surface area contributed by atoms with Gasteiger partial charge in [-0.05, 0) is 29.4 Å². The van der Waals surface area contributed by atoms with Crippen LogP contribution in [0.1, 0.15) is 25.7 Å². The first kappa shape index (κ1) is 10.7. The average Bonchev–Trinajstić information content (AvgIpc) is 2.53. The van der Waals surface area contributed by atoms with Crippen LogP contribution in [0, 0.1) is 0 Å². The third-order valence-electron chi connectivity index (χ3n) is 2.57. The van der Waals surface area contributed by atoms with Crippen molar-refractivity contribution in [3.63, 3.8) is 0 Å². The highest BCUT2D eigenvalue weighted by atomic mass is 32.9. The Morgan fingerprint density at radius 3 is 2.43 bits per heavy atom. The molecule has 0 radical (unpaired) electrons. The number of nitrogens with zero attached hydrogens (tertiary/aromatic N) is 1. The molecule has 0 bridgehead atoms. The number of rotatable bonds is 1. The molecular weight excluding hydrogens is 230 g/mol. The molecule has 1 aliphatic rings. The van der Waals surface area contributed by atoms with Gasteiger partial charge < -0.3 is 0 Å². The van der Waals surface area contributed by atoms with Gasteiger partial charge in [0.15, 0.2) is 0 Å². The fraction of sp³-hybridized carbons (Fsp3) is 0.700. The summed E-state index contributed by atoms with van der Waals surface area (Å²) in [5.74, 6) is 0. The maximum Gasteiger partial charge on any atom is 0.268 e. The van der Waals surface area contributed by atoms with E-state index in [2.05, 4.69) is 16.9 Å². The third kappa shape index (κ3) is 2.61. The molecule has 78 valence electrons. The Bertz CT molecular complexity index is 340. The second-order valence-corrected chi connectivity index (χ2v) is 6.87. The predicted molar refractivity (Wildman–Crippen MR) is 67.4 cm³/mol. The van der Waals surface area contributed by atoms with Gasteiger partial charge in [-0.15, -0.1) is 11.8 Å². The SMILES string of the molecule is CSc1cc(=[N+]2CCCCCC2)ss1. The van der Waals surface area contributed by atoms with Crippen molar-refractivity contribution in [2.24, 2.45) is 0 Å². The van der Waals surface area contributed by atoms with Gasteiger partial charge in [0, 0.05) is 18.9 Å². The Labute approximate surface area is 96.9 Å². The van der Waals surface area contributed by atoms with Crippen LogP contribution < -0.4 is 9.25 Å². The summed E-state index contributed by atoms with van der Waals surface area (Å²) in [5.41, 5.74) is 0. The Kier molecular flexibility index (Phi) is 4.08. The minimum absolute atomic E-state index is 1.26. The Balaban J connectivity index is 2.27. The fourth-order valence-corrected chi connectivity index (χ4v) is 5.22. The Hall–Kier alpha value is 0.200. The normalized spacial score (nSPS) is 18.2. The molecule has 0 amide bonds. The van der Waals surface area contributed by atoms with Crippen molar-refractivity contribution >= 4 is 32.4 Å². The quantitative estimate of drug-likeness (QED) is 0.418. The molecule has 1 nitrogen and oxygen atoms in total. The first-order valence-corrected chi connectivity index (χ1v) is 8.50. The molecule has 4 heteroatoms. The van der Waals surface area contributed by atoms with Gasteiger partial charge in [0.1, 0.15) is 13.1 Å². The molecule has 0 spiro atoms. The van der Waals surface area contributed by atoms with Crippen LogP contribution in [0.2, 0.25) is 0 Å². The van der Waals surface area contributed by atoms with Crippen molar-refractivity contribution in [3.8, 4) is 0 Å². The van der Waals surface area contributed by atoms with Crippen molar-refractivity contribution in [1.82, 2.24) is 4.58 Å². The summed E-state index contributed by atoms with van der Waals surface area (Å²) >= 11 is 1.86. The summed E-state index contributed by atoms with van der Waals surface area (Å²) in [6, 6.07) is 2.35. The molecule has 0 aliphatic carbocycles. The molecule has 1 aromatic heterocycles. The fourth-order valence-electron chi connectivity index (χ4n) is 1.76. The van der Waals surface area contributed by atoms with Gasteiger partial charge in [0.25, 0.3) is 4.67 Å². The van der Waals surface area contributed by atoms with Gasteiger partial charge in [-0.25, -0.2) is 4.58 Å². The monoisotopic (exact) mass is 246 g/mol. The first-order chi connectivity index (χ1) is 6.90. The third-order valence-corrected chi connectivity index (χ3v) is 6.37. The lowest BCUT2D eigenvalue weighted by atomic mass is 10.2. The van der Waals surface area contributed by atoms with Gasteiger partial charge in [0.05, 0.1) is 4.21 Å². The molecule has 0 N–H and O–H groups in total. The molecule has 2 rings (SSSR count). The zero-order chi connectivity index (χ0) is 9.80. The molecule has 1 aromatic rings. The van der Waals surface area contributed by atoms with E-state index in [1.807, 2.05) is 32.4 Å². The Morgan fingerprint density at radius 2 is 1.86 bits per heavy atom. The minimum Gasteiger partial charge on any atom is -0.220 e. The van der Waals surface area contributed by atoms with Crippen molar-refractivity contribution < 1.29 is 0 Å². The maximum absolute atomic E-state index is 2.56. The van der Waals surface area contributed by atoms with Crippen LogP contribution in [-0.4, -0.2) is 19.3 Å². The van der Waals surface area contributed by atoms with Crippen molar-refractivity contribution in [3.05, 3.63) is 10.7 Å². The van der Waals surface area contributed by atoms with Crippen molar-refractivity contribution in [2.75, 3.05) is 19.3 Å². The zero-order valence-corrected chi connectivity index (χ0v) is 10.9. The van der Waals surface area contributed by atoms with Crippen LogP contribution in [0.4, 0.5) is 0 Å². The number of hydrogen-bond donors (Lipinski definition) is 0. The highest BCUT2D eigenvalue weighted by Gasteiger charge is 2.11. The van der Waals surface area contributed by atoms with E-state index in [4.69, 9.17) is 0 Å². The minimum atomic E-state index is 1.26. The zero-order valence-electron chi connectivity index (χ0n) is 8.49. The van der Waals surface area contributed by atoms with Gasteiger partial charge in [-0.1, -0.05) is 10.3 Å². The predicted octanol–water partition coefficient (Wildman–Crippen LogP) is 2.88. The van der Waals surface area contributed by atoms with Crippen LogP contribution in [0.15, 0.2) is 10.3 Å². The van der Waals surface area contributed by atoms with E-state index in [1.165, 1.54) is 47.7 Å². The number of hydrogen-bond acceptors (Lipinski definition) is 3. The molecular formula is C10H16NS3+. The smallest absolute Gasteiger partial charge is 0.220 e. The van der Waals surface area contributed by atoms with Crippen LogP contribution in [0.25, 0.3) is 0 Å². The van der Waals surface area contributed by atoms with E-state index in [9.17, 15) is 0 Å². The van der Waals surface area contributed by atoms with Crippen molar-refractivity contribution in [1.29, 1.82) is 0 Å². The molecule has 0 atom stereocenters. The largest absolute Gasteiger partial charge is 0.268 e. The highest BCUT2D eigenvalue weighted by Crippen LogP contribution is 2.21. The van der Waals surface area contributed by atoms with Crippen LogP contribution in [0.3, 0.4) is 0 Å². The molecule has 0 aromatic carbocycles. The van der Waals surface area contributed by atoms with Gasteiger partial charge in [-0.3, -0.25) is 0 Å². The van der Waals surface area contributed by atoms with Crippen LogP contribution in [-0.2, 0) is 0 Å². The molecule has 1 aliphatic heterocycles. The van der Waals surface area contributed by atoms with Gasteiger partial charge in [-0.2, -0.15) is 0 Å². The summed E-state index contributed by atoms with van der Waals surface area (Å²) in [6.45, 7) is 2.53. The number of thioether (sulfide) groups is 1. The van der Waals surface area contributed by atoms with E-state index in [0.29, 0.717) is 0 Å². The lowest BCUT2D eigenvalue weighted by Crippen LogP contribution is -2.28. The van der Waals surface area contributed by atoms with Crippen LogP contribution >= 0.6 is 32.4 Å². The molecule has 1 fully saturated rings. The molecule has 14 heavy (non-hydrogen) atoms. The summed E-state index contributed by atoms with van der Waals surface area (Å²) in [4.78, 5) is 0. The summed E-state index contributed by atoms with van der Waals surface area (Å²) < 4.78 is 5.50. The first-order valence-electron chi connectivity index (χ1n) is 5.12. The lowest BCUT2D eigenvalue weighted by Gasteiger charge is -1.94. The summed E-state index contributed by atoms with van der Waals surface area (Å²) in [7, 11) is 3.85. The van der Waals surface area contributed by atoms with E-state index in [1.54, 1.807) is 0 Å². The van der Waals surface area contributed by atoms with E-state index < -0.39 is 0 Å². The van der Waals surface area contributed by atoms with Crippen molar-refractivity contribution in [2.45, 2.75) is 29.9 Å². The van der Waals surface area contributed by atoms with E-state index >= 15 is 0 Å². The molecule has 1 saturated heterocycles. The maximum atomic E-state index is 2.56. The second-order valence-electron chi connectivity index (χ2n) is 3.57. The van der Waals surface area contributed by atoms with Gasteiger partial charge in [0.2, 0.25) is 0 Å². The summed E-state index contributed by atoms with van der Waals surface area (Å²) in [6.07, 6.45) is 7.74. The van der Waals surface area contributed by atoms with Gasteiger partial charge >= 0.3 is 0 Å². The summed E-state index contributed by atoms with van der Waals surface area (Å²) in [5, 5.41) is 0. The van der Waals surface area contributed by atoms with E-state index in [0.717, 1.165) is 0 Å². The average molecular weight is 246 g/mol. The standard InChI is InChI=1S/C10H16NS3/c1-12-10-8-9(13-14-10)11-6-4-2-3-5-7-11/h8H,2-7H2,1H3/q+1. The topological polar surface area (TPSA) is 3.01 Å². The van der Waals surface area contributed by atoms with Crippen LogP contribution in [0.5, 0.6) is 0 Å². The Morgan fingerprint density at radius 1 is 1.14 bits per heavy atom. The molecule has 0 saturated carbocycles. The lowest BCUT2D eigenvalue weighted by molar-refractivity contribution is 0.592. The molecule has 0 unspecified atom stereocenters. The highest BCUT2D eigenvalue weighted by molar-refractivity contribution is 8.02. The second kappa shape index (κ2) is 5.33. The van der Waals surface area contributed by atoms with E-state index in [-0.39, 0.29) is 0 Å². The molecule has 2 heterocycles.